The Balaban J connectivity index is 2.59. The van der Waals surface area contributed by atoms with E-state index in [0.29, 0.717) is 34.5 Å². The van der Waals surface area contributed by atoms with E-state index in [-0.39, 0.29) is 0 Å². The van der Waals surface area contributed by atoms with Crippen LogP contribution in [0.25, 0.3) is 0 Å². The normalized spacial score (nSPS) is 11.1. The quantitative estimate of drug-likeness (QED) is 0.244. The van der Waals surface area contributed by atoms with Crippen molar-refractivity contribution in [3.8, 4) is 34.5 Å². The summed E-state index contributed by atoms with van der Waals surface area (Å²) in [7, 11) is 6.43. The third-order valence-corrected chi connectivity index (χ3v) is 11.9. The first kappa shape index (κ1) is 26.6. The van der Waals surface area contributed by atoms with Crippen LogP contribution >= 0.6 is 11.1 Å². The topological polar surface area (TPSA) is 55.4 Å². The molecule has 0 aliphatic rings. The number of rotatable bonds is 9. The Morgan fingerprint density at radius 1 is 0.457 bits per heavy atom. The molecule has 0 N–H and O–H groups in total. The number of benzene rings is 3. The zero-order valence-electron chi connectivity index (χ0n) is 21.8. The number of aryl methyl sites for hydroxylation is 3. The van der Waals surface area contributed by atoms with Gasteiger partial charge in [-0.3, -0.25) is 0 Å². The van der Waals surface area contributed by atoms with Crippen LogP contribution < -0.4 is 44.0 Å². The summed E-state index contributed by atoms with van der Waals surface area (Å²) in [4.78, 5) is 0. The van der Waals surface area contributed by atoms with Gasteiger partial charge in [-0.2, -0.15) is 0 Å². The highest BCUT2D eigenvalue weighted by molar-refractivity contribution is 7.41. The zero-order valence-corrected chi connectivity index (χ0v) is 23.5. The van der Waals surface area contributed by atoms with Gasteiger partial charge in [-0.05, 0) is 55.7 Å². The molecule has 0 bridgehead atoms. The van der Waals surface area contributed by atoms with Gasteiger partial charge in [0.05, 0.1) is 42.7 Å². The van der Waals surface area contributed by atoms with Gasteiger partial charge >= 0.3 is 0 Å². The molecule has 0 atom stereocenters. The van der Waals surface area contributed by atoms with Crippen LogP contribution in [0.3, 0.4) is 0 Å². The summed E-state index contributed by atoms with van der Waals surface area (Å²) in [6.45, 7) is 6.05. The van der Waals surface area contributed by atoms with Crippen molar-refractivity contribution < 1.29 is 28.4 Å². The molecule has 0 fully saturated rings. The SMILES string of the molecule is COc1cc(C)c([Si](Cl)(c2c(C)cc(OC)cc2OC)c2c(C)cc(OC)cc2OC)c(OC)c1. The lowest BCUT2D eigenvalue weighted by Crippen LogP contribution is -2.65. The van der Waals surface area contributed by atoms with Crippen molar-refractivity contribution in [1.29, 1.82) is 0 Å². The molecule has 0 heterocycles. The summed E-state index contributed by atoms with van der Waals surface area (Å²) in [5, 5.41) is 2.67. The molecule has 0 radical (unpaired) electrons. The molecule has 0 saturated carbocycles. The Hall–Kier alpha value is -3.03. The molecule has 8 heteroatoms. The average Bonchev–Trinajstić information content (AvgIpc) is 2.86. The van der Waals surface area contributed by atoms with E-state index >= 15 is 0 Å². The summed E-state index contributed by atoms with van der Waals surface area (Å²) < 4.78 is 34.3. The van der Waals surface area contributed by atoms with E-state index in [1.165, 1.54) is 0 Å². The van der Waals surface area contributed by atoms with Crippen molar-refractivity contribution in [2.45, 2.75) is 20.8 Å². The van der Waals surface area contributed by atoms with Crippen molar-refractivity contribution in [3.05, 3.63) is 53.1 Å². The smallest absolute Gasteiger partial charge is 0.259 e. The Bertz CT molecular complexity index is 1080. The number of halogens is 1. The van der Waals surface area contributed by atoms with E-state index in [2.05, 4.69) is 0 Å². The highest BCUT2D eigenvalue weighted by Crippen LogP contribution is 2.34. The maximum absolute atomic E-state index is 8.05. The first-order valence-corrected chi connectivity index (χ1v) is 14.1. The van der Waals surface area contributed by atoms with Crippen LogP contribution in [-0.2, 0) is 0 Å². The number of hydrogen-bond donors (Lipinski definition) is 0. The molecule has 3 rings (SSSR count). The molecule has 0 saturated heterocycles. The van der Waals surface area contributed by atoms with E-state index in [9.17, 15) is 0 Å². The maximum Gasteiger partial charge on any atom is 0.259 e. The van der Waals surface area contributed by atoms with Crippen molar-refractivity contribution >= 4 is 34.0 Å². The maximum atomic E-state index is 8.05. The van der Waals surface area contributed by atoms with Crippen molar-refractivity contribution in [3.63, 3.8) is 0 Å². The van der Waals surface area contributed by atoms with Crippen molar-refractivity contribution in [1.82, 2.24) is 0 Å². The molecule has 0 aliphatic heterocycles. The van der Waals surface area contributed by atoms with Crippen LogP contribution in [0.4, 0.5) is 0 Å². The molecule has 3 aromatic rings. The van der Waals surface area contributed by atoms with E-state index in [1.807, 2.05) is 57.2 Å². The number of ether oxygens (including phenoxy) is 6. The molecular formula is C27H33ClO6Si. The molecule has 188 valence electrons. The van der Waals surface area contributed by atoms with Crippen LogP contribution in [0.2, 0.25) is 0 Å². The highest BCUT2D eigenvalue weighted by atomic mass is 35.6. The van der Waals surface area contributed by atoms with Crippen molar-refractivity contribution in [2.24, 2.45) is 0 Å². The Kier molecular flexibility index (Phi) is 8.13. The zero-order chi connectivity index (χ0) is 25.9. The minimum Gasteiger partial charge on any atom is -0.497 e. The van der Waals surface area contributed by atoms with Crippen LogP contribution in [0, 0.1) is 20.8 Å². The number of hydrogen-bond acceptors (Lipinski definition) is 6. The summed E-state index contributed by atoms with van der Waals surface area (Å²) >= 11 is 8.05. The fraction of sp³-hybridized carbons (Fsp3) is 0.333. The fourth-order valence-electron chi connectivity index (χ4n) is 4.70. The minimum absolute atomic E-state index is 0.637. The lowest BCUT2D eigenvalue weighted by molar-refractivity contribution is 0.395. The molecule has 0 aliphatic carbocycles. The van der Waals surface area contributed by atoms with E-state index in [0.717, 1.165) is 32.3 Å². The van der Waals surface area contributed by atoms with E-state index in [4.69, 9.17) is 39.5 Å². The van der Waals surface area contributed by atoms with Crippen LogP contribution in [0.1, 0.15) is 16.7 Å². The summed E-state index contributed by atoms with van der Waals surface area (Å²) in [6, 6.07) is 11.5. The van der Waals surface area contributed by atoms with Gasteiger partial charge in [0.25, 0.3) is 7.38 Å². The second-order valence-electron chi connectivity index (χ2n) is 8.22. The molecule has 35 heavy (non-hydrogen) atoms. The van der Waals surface area contributed by atoms with Crippen molar-refractivity contribution in [2.75, 3.05) is 42.7 Å². The molecular weight excluding hydrogens is 484 g/mol. The Labute approximate surface area is 213 Å². The van der Waals surface area contributed by atoms with E-state index < -0.39 is 7.38 Å². The van der Waals surface area contributed by atoms with Gasteiger partial charge < -0.3 is 28.4 Å². The number of methoxy groups -OCH3 is 6. The molecule has 0 amide bonds. The highest BCUT2D eigenvalue weighted by Gasteiger charge is 2.48. The van der Waals surface area contributed by atoms with Gasteiger partial charge in [0.1, 0.15) is 34.5 Å². The largest absolute Gasteiger partial charge is 0.497 e. The standard InChI is InChI=1S/C27H33ClO6Si/c1-16-10-19(29-4)13-22(32-7)25(16)35(28,26-17(2)11-20(30-5)14-23(26)33-8)27-18(3)12-21(31-6)15-24(27)34-9/h10-15H,1-9H3. The molecule has 6 nitrogen and oxygen atoms in total. The predicted molar refractivity (Wildman–Crippen MR) is 143 cm³/mol. The monoisotopic (exact) mass is 516 g/mol. The van der Waals surface area contributed by atoms with E-state index in [1.54, 1.807) is 42.7 Å². The van der Waals surface area contributed by atoms with Gasteiger partial charge in [0.2, 0.25) is 0 Å². The van der Waals surface area contributed by atoms with Gasteiger partial charge in [0.15, 0.2) is 0 Å². The molecule has 0 aromatic heterocycles. The van der Waals surface area contributed by atoms with Gasteiger partial charge in [-0.15, -0.1) is 11.1 Å². The third kappa shape index (κ3) is 4.62. The second kappa shape index (κ2) is 10.7. The second-order valence-corrected chi connectivity index (χ2v) is 12.7. The molecule has 3 aromatic carbocycles. The molecule has 0 spiro atoms. The Morgan fingerprint density at radius 3 is 0.914 bits per heavy atom. The summed E-state index contributed by atoms with van der Waals surface area (Å²) in [5.41, 5.74) is 2.83. The lowest BCUT2D eigenvalue weighted by atomic mass is 10.2. The minimum atomic E-state index is -3.38. The third-order valence-electron chi connectivity index (χ3n) is 6.22. The Morgan fingerprint density at radius 2 is 0.714 bits per heavy atom. The van der Waals surface area contributed by atoms with Gasteiger partial charge in [-0.1, -0.05) is 0 Å². The first-order valence-electron chi connectivity index (χ1n) is 11.1. The average molecular weight is 517 g/mol. The molecule has 0 unspecified atom stereocenters. The first-order chi connectivity index (χ1) is 16.7. The van der Waals surface area contributed by atoms with Crippen LogP contribution in [-0.4, -0.2) is 50.0 Å². The van der Waals surface area contributed by atoms with Gasteiger partial charge in [-0.25, -0.2) is 0 Å². The van der Waals surface area contributed by atoms with Crippen LogP contribution in [0.15, 0.2) is 36.4 Å². The summed E-state index contributed by atoms with van der Waals surface area (Å²) in [5.74, 6) is 3.98. The summed E-state index contributed by atoms with van der Waals surface area (Å²) in [6.07, 6.45) is 0. The fourth-order valence-corrected chi connectivity index (χ4v) is 11.0. The van der Waals surface area contributed by atoms with Crippen LogP contribution in [0.5, 0.6) is 34.5 Å². The predicted octanol–water partition coefficient (Wildman–Crippen LogP) is 3.87. The lowest BCUT2D eigenvalue weighted by Gasteiger charge is -2.34. The van der Waals surface area contributed by atoms with Gasteiger partial charge in [0, 0.05) is 33.8 Å².